The van der Waals surface area contributed by atoms with Crippen molar-refractivity contribution in [3.63, 3.8) is 0 Å². The predicted molar refractivity (Wildman–Crippen MR) is 86.2 cm³/mol. The van der Waals surface area contributed by atoms with E-state index in [0.717, 1.165) is 11.4 Å². The number of nitrogens with zero attached hydrogens (tertiary/aromatic N) is 3. The van der Waals surface area contributed by atoms with Gasteiger partial charge in [0.15, 0.2) is 5.13 Å². The molecule has 112 valence electrons. The van der Waals surface area contributed by atoms with E-state index >= 15 is 0 Å². The first kappa shape index (κ1) is 14.3. The number of hydrogen-bond acceptors (Lipinski definition) is 5. The van der Waals surface area contributed by atoms with Crippen molar-refractivity contribution in [1.29, 1.82) is 0 Å². The third-order valence-corrected chi connectivity index (χ3v) is 3.85. The molecule has 0 spiro atoms. The van der Waals surface area contributed by atoms with Crippen LogP contribution in [0.15, 0.2) is 48.0 Å². The van der Waals surface area contributed by atoms with Crippen LogP contribution in [0.25, 0.3) is 0 Å². The first-order chi connectivity index (χ1) is 10.7. The van der Waals surface area contributed by atoms with E-state index in [-0.39, 0.29) is 5.91 Å². The van der Waals surface area contributed by atoms with Crippen LogP contribution in [0.4, 0.5) is 10.9 Å². The Morgan fingerprint density at radius 3 is 2.82 bits per heavy atom. The molecule has 0 saturated heterocycles. The van der Waals surface area contributed by atoms with Gasteiger partial charge in [-0.1, -0.05) is 30.3 Å². The van der Waals surface area contributed by atoms with Gasteiger partial charge in [0.25, 0.3) is 5.91 Å². The van der Waals surface area contributed by atoms with Crippen molar-refractivity contribution in [2.75, 3.05) is 5.32 Å². The number of hydrogen-bond donors (Lipinski definition) is 2. The van der Waals surface area contributed by atoms with E-state index in [1.165, 1.54) is 11.3 Å². The molecular weight excluding hydrogens is 298 g/mol. The van der Waals surface area contributed by atoms with Gasteiger partial charge in [-0.3, -0.25) is 9.48 Å². The van der Waals surface area contributed by atoms with Crippen LogP contribution in [0.3, 0.4) is 0 Å². The largest absolute Gasteiger partial charge is 0.347 e. The second-order valence-corrected chi connectivity index (χ2v) is 5.53. The summed E-state index contributed by atoms with van der Waals surface area (Å²) in [7, 11) is 1.84. The second-order valence-electron chi connectivity index (χ2n) is 4.67. The number of carbonyl (C=O) groups excluding carboxylic acids is 1. The Labute approximate surface area is 131 Å². The zero-order valence-electron chi connectivity index (χ0n) is 12.0. The summed E-state index contributed by atoms with van der Waals surface area (Å²) in [4.78, 5) is 16.4. The van der Waals surface area contributed by atoms with Crippen LogP contribution in [0.5, 0.6) is 0 Å². The summed E-state index contributed by atoms with van der Waals surface area (Å²) in [6.07, 6.45) is 1.70. The van der Waals surface area contributed by atoms with E-state index in [0.29, 0.717) is 17.4 Å². The molecule has 0 aliphatic carbocycles. The van der Waals surface area contributed by atoms with E-state index in [2.05, 4.69) is 20.7 Å². The average molecular weight is 313 g/mol. The van der Waals surface area contributed by atoms with Crippen LogP contribution >= 0.6 is 11.3 Å². The Bertz CT molecular complexity index is 765. The molecule has 0 saturated carbocycles. The van der Waals surface area contributed by atoms with Crippen molar-refractivity contribution in [1.82, 2.24) is 20.1 Å². The fraction of sp³-hybridized carbons (Fsp3) is 0.133. The predicted octanol–water partition coefficient (Wildman–Crippen LogP) is 2.55. The van der Waals surface area contributed by atoms with Crippen molar-refractivity contribution < 1.29 is 4.79 Å². The fourth-order valence-electron chi connectivity index (χ4n) is 1.91. The molecule has 6 nitrogen and oxygen atoms in total. The zero-order chi connectivity index (χ0) is 15.4. The maximum Gasteiger partial charge on any atom is 0.271 e. The minimum Gasteiger partial charge on any atom is -0.347 e. The van der Waals surface area contributed by atoms with Crippen molar-refractivity contribution in [3.05, 3.63) is 59.2 Å². The normalized spacial score (nSPS) is 10.4. The van der Waals surface area contributed by atoms with Gasteiger partial charge in [-0.25, -0.2) is 4.98 Å². The van der Waals surface area contributed by atoms with Gasteiger partial charge in [-0.2, -0.15) is 5.10 Å². The van der Waals surface area contributed by atoms with E-state index in [1.807, 2.05) is 43.4 Å². The lowest BCUT2D eigenvalue weighted by molar-refractivity contribution is 0.0946. The molecule has 0 unspecified atom stereocenters. The summed E-state index contributed by atoms with van der Waals surface area (Å²) in [6.45, 7) is 0.488. The number of aryl methyl sites for hydroxylation is 1. The Morgan fingerprint density at radius 1 is 1.27 bits per heavy atom. The lowest BCUT2D eigenvalue weighted by Gasteiger charge is -2.03. The molecule has 1 aromatic carbocycles. The van der Waals surface area contributed by atoms with E-state index in [9.17, 15) is 4.79 Å². The Hall–Kier alpha value is -2.67. The summed E-state index contributed by atoms with van der Waals surface area (Å²) in [5.41, 5.74) is 1.46. The molecule has 0 aliphatic rings. The Kier molecular flexibility index (Phi) is 4.15. The monoisotopic (exact) mass is 313 g/mol. The Morgan fingerprint density at radius 2 is 2.09 bits per heavy atom. The van der Waals surface area contributed by atoms with Gasteiger partial charge >= 0.3 is 0 Å². The third-order valence-electron chi connectivity index (χ3n) is 3.09. The quantitative estimate of drug-likeness (QED) is 0.759. The molecule has 1 amide bonds. The summed E-state index contributed by atoms with van der Waals surface area (Å²) in [5.74, 6) is 0.642. The highest BCUT2D eigenvalue weighted by Crippen LogP contribution is 2.20. The minimum atomic E-state index is -0.182. The van der Waals surface area contributed by atoms with Crippen LogP contribution in [-0.4, -0.2) is 20.7 Å². The topological polar surface area (TPSA) is 71.8 Å². The molecule has 3 aromatic rings. The zero-order valence-corrected chi connectivity index (χ0v) is 12.8. The van der Waals surface area contributed by atoms with Gasteiger partial charge in [0.1, 0.15) is 11.5 Å². The highest BCUT2D eigenvalue weighted by atomic mass is 32.1. The van der Waals surface area contributed by atoms with Crippen LogP contribution in [0.2, 0.25) is 0 Å². The van der Waals surface area contributed by atoms with E-state index in [1.54, 1.807) is 16.3 Å². The molecule has 3 rings (SSSR count). The molecule has 7 heteroatoms. The van der Waals surface area contributed by atoms with Gasteiger partial charge in [-0.15, -0.1) is 11.3 Å². The summed E-state index contributed by atoms with van der Waals surface area (Å²) in [5, 5.41) is 12.5. The summed E-state index contributed by atoms with van der Waals surface area (Å²) < 4.78 is 1.70. The standard InChI is InChI=1S/C15H15N5OS/c1-20-13(7-8-17-20)19-15-18-12(10-22-15)14(21)16-9-11-5-3-2-4-6-11/h2-8,10H,9H2,1H3,(H,16,21)(H,18,19). The maximum absolute atomic E-state index is 12.1. The Balaban J connectivity index is 1.61. The van der Waals surface area contributed by atoms with Crippen LogP contribution in [0, 0.1) is 0 Å². The molecule has 2 heterocycles. The van der Waals surface area contributed by atoms with Crippen molar-refractivity contribution in [3.8, 4) is 0 Å². The average Bonchev–Trinajstić information content (AvgIpc) is 3.16. The molecule has 2 aromatic heterocycles. The number of benzene rings is 1. The van der Waals surface area contributed by atoms with Gasteiger partial charge in [0.05, 0.1) is 6.20 Å². The summed E-state index contributed by atoms with van der Waals surface area (Å²) in [6, 6.07) is 11.6. The molecule has 0 bridgehead atoms. The highest BCUT2D eigenvalue weighted by molar-refractivity contribution is 7.14. The molecule has 0 fully saturated rings. The number of thiazole rings is 1. The first-order valence-corrected chi connectivity index (χ1v) is 7.63. The SMILES string of the molecule is Cn1nccc1Nc1nc(C(=O)NCc2ccccc2)cs1. The number of aromatic nitrogens is 3. The van der Waals surface area contributed by atoms with Crippen molar-refractivity contribution in [2.24, 2.45) is 7.05 Å². The number of carbonyl (C=O) groups is 1. The number of rotatable bonds is 5. The van der Waals surface area contributed by atoms with Gasteiger partial charge in [0, 0.05) is 25.0 Å². The number of amides is 1. The number of anilines is 2. The lowest BCUT2D eigenvalue weighted by Crippen LogP contribution is -2.23. The van der Waals surface area contributed by atoms with Crippen LogP contribution in [-0.2, 0) is 13.6 Å². The van der Waals surface area contributed by atoms with E-state index in [4.69, 9.17) is 0 Å². The van der Waals surface area contributed by atoms with Gasteiger partial charge in [-0.05, 0) is 5.56 Å². The highest BCUT2D eigenvalue weighted by Gasteiger charge is 2.11. The molecule has 0 atom stereocenters. The van der Waals surface area contributed by atoms with E-state index < -0.39 is 0 Å². The summed E-state index contributed by atoms with van der Waals surface area (Å²) >= 11 is 1.38. The molecule has 0 radical (unpaired) electrons. The molecule has 2 N–H and O–H groups in total. The molecule has 22 heavy (non-hydrogen) atoms. The fourth-order valence-corrected chi connectivity index (χ4v) is 2.61. The van der Waals surface area contributed by atoms with Crippen molar-refractivity contribution >= 4 is 28.2 Å². The second kappa shape index (κ2) is 6.40. The molecule has 0 aliphatic heterocycles. The van der Waals surface area contributed by atoms with Crippen molar-refractivity contribution in [2.45, 2.75) is 6.54 Å². The van der Waals surface area contributed by atoms with Crippen LogP contribution < -0.4 is 10.6 Å². The lowest BCUT2D eigenvalue weighted by atomic mass is 10.2. The maximum atomic E-state index is 12.1. The number of nitrogens with one attached hydrogen (secondary N) is 2. The third kappa shape index (κ3) is 3.32. The smallest absolute Gasteiger partial charge is 0.271 e. The molecular formula is C15H15N5OS. The minimum absolute atomic E-state index is 0.182. The van der Waals surface area contributed by atoms with Crippen LogP contribution in [0.1, 0.15) is 16.1 Å². The van der Waals surface area contributed by atoms with Gasteiger partial charge in [0.2, 0.25) is 0 Å². The van der Waals surface area contributed by atoms with Gasteiger partial charge < -0.3 is 10.6 Å². The first-order valence-electron chi connectivity index (χ1n) is 6.75.